The SMILES string of the molecule is Cc1c(C2CN(C(=O)c3ncn(-c4ccc(F)cc4F)n3)Cc3ccccc32)cnn1C. The van der Waals surface area contributed by atoms with Crippen molar-refractivity contribution < 1.29 is 13.6 Å². The van der Waals surface area contributed by atoms with Crippen molar-refractivity contribution in [1.29, 1.82) is 0 Å². The fraction of sp³-hybridized carbons (Fsp3) is 0.217. The van der Waals surface area contributed by atoms with Crippen LogP contribution in [0, 0.1) is 18.6 Å². The average molecular weight is 434 g/mol. The summed E-state index contributed by atoms with van der Waals surface area (Å²) in [5.74, 6) is -1.91. The van der Waals surface area contributed by atoms with Crippen molar-refractivity contribution in [3.63, 3.8) is 0 Å². The van der Waals surface area contributed by atoms with Gasteiger partial charge in [-0.15, -0.1) is 5.10 Å². The van der Waals surface area contributed by atoms with Gasteiger partial charge in [-0.25, -0.2) is 18.4 Å². The Balaban J connectivity index is 1.47. The fourth-order valence-electron chi connectivity index (χ4n) is 4.17. The lowest BCUT2D eigenvalue weighted by Gasteiger charge is -2.34. The van der Waals surface area contributed by atoms with E-state index < -0.39 is 11.6 Å². The molecule has 2 aromatic carbocycles. The highest BCUT2D eigenvalue weighted by Crippen LogP contribution is 2.35. The van der Waals surface area contributed by atoms with Crippen LogP contribution in [0.2, 0.25) is 0 Å². The molecule has 0 saturated heterocycles. The molecule has 0 aliphatic carbocycles. The van der Waals surface area contributed by atoms with Gasteiger partial charge in [0.05, 0.1) is 6.20 Å². The lowest BCUT2D eigenvalue weighted by molar-refractivity contribution is 0.0712. The Hall–Kier alpha value is -3.88. The van der Waals surface area contributed by atoms with Crippen LogP contribution in [-0.2, 0) is 13.6 Å². The molecule has 2 aromatic heterocycles. The number of carbonyl (C=O) groups excluding carboxylic acids is 1. The number of rotatable bonds is 3. The highest BCUT2D eigenvalue weighted by Gasteiger charge is 2.32. The molecular weight excluding hydrogens is 414 g/mol. The minimum Gasteiger partial charge on any atom is -0.331 e. The number of carbonyl (C=O) groups is 1. The van der Waals surface area contributed by atoms with Gasteiger partial charge in [0, 0.05) is 43.4 Å². The lowest BCUT2D eigenvalue weighted by atomic mass is 9.85. The van der Waals surface area contributed by atoms with Crippen molar-refractivity contribution in [1.82, 2.24) is 29.4 Å². The van der Waals surface area contributed by atoms with Crippen LogP contribution in [0.1, 0.15) is 38.9 Å². The van der Waals surface area contributed by atoms with Gasteiger partial charge < -0.3 is 4.90 Å². The molecule has 1 atom stereocenters. The Bertz CT molecular complexity index is 1330. The molecule has 0 bridgehead atoms. The zero-order chi connectivity index (χ0) is 22.4. The van der Waals surface area contributed by atoms with Gasteiger partial charge in [-0.05, 0) is 30.2 Å². The van der Waals surface area contributed by atoms with Crippen molar-refractivity contribution in [3.05, 3.63) is 94.8 Å². The number of aryl methyl sites for hydroxylation is 1. The van der Waals surface area contributed by atoms with E-state index in [1.165, 1.54) is 18.0 Å². The van der Waals surface area contributed by atoms with Gasteiger partial charge in [0.1, 0.15) is 17.8 Å². The maximum atomic E-state index is 14.1. The summed E-state index contributed by atoms with van der Waals surface area (Å²) < 4.78 is 30.3. The second kappa shape index (κ2) is 7.67. The largest absolute Gasteiger partial charge is 0.331 e. The molecule has 32 heavy (non-hydrogen) atoms. The normalized spacial score (nSPS) is 15.6. The van der Waals surface area contributed by atoms with Gasteiger partial charge in [0.2, 0.25) is 5.82 Å². The molecule has 1 aliphatic rings. The molecule has 1 amide bonds. The van der Waals surface area contributed by atoms with Crippen LogP contribution in [0.5, 0.6) is 0 Å². The number of hydrogen-bond acceptors (Lipinski definition) is 4. The maximum Gasteiger partial charge on any atom is 0.293 e. The van der Waals surface area contributed by atoms with Crippen LogP contribution in [0.4, 0.5) is 8.78 Å². The lowest BCUT2D eigenvalue weighted by Crippen LogP contribution is -2.39. The molecule has 0 N–H and O–H groups in total. The molecule has 0 radical (unpaired) electrons. The molecule has 0 spiro atoms. The summed E-state index contributed by atoms with van der Waals surface area (Å²) in [4.78, 5) is 19.1. The average Bonchev–Trinajstić information content (AvgIpc) is 3.40. The van der Waals surface area contributed by atoms with E-state index in [0.29, 0.717) is 13.1 Å². The predicted molar refractivity (Wildman–Crippen MR) is 112 cm³/mol. The molecule has 162 valence electrons. The summed E-state index contributed by atoms with van der Waals surface area (Å²) in [6, 6.07) is 11.2. The summed E-state index contributed by atoms with van der Waals surface area (Å²) in [5, 5.41) is 8.52. The molecule has 3 heterocycles. The standard InChI is InChI=1S/C23H20F2N6O/c1-14-18(10-27-29(14)2)19-12-30(11-15-5-3-4-6-17(15)19)23(32)22-26-13-31(28-22)21-8-7-16(24)9-20(21)25/h3-10,13,19H,11-12H2,1-2H3. The van der Waals surface area contributed by atoms with Crippen LogP contribution < -0.4 is 0 Å². The highest BCUT2D eigenvalue weighted by atomic mass is 19.1. The quantitative estimate of drug-likeness (QED) is 0.496. The second-order valence-electron chi connectivity index (χ2n) is 7.85. The van der Waals surface area contributed by atoms with E-state index in [0.717, 1.165) is 33.6 Å². The Morgan fingerprint density at radius 3 is 2.69 bits per heavy atom. The Morgan fingerprint density at radius 1 is 1.12 bits per heavy atom. The van der Waals surface area contributed by atoms with Gasteiger partial charge in [-0.2, -0.15) is 5.10 Å². The summed E-state index contributed by atoms with van der Waals surface area (Å²) in [7, 11) is 1.89. The summed E-state index contributed by atoms with van der Waals surface area (Å²) in [5.41, 5.74) is 4.33. The minimum atomic E-state index is -0.784. The Labute approximate surface area is 182 Å². The van der Waals surface area contributed by atoms with Crippen LogP contribution in [-0.4, -0.2) is 41.9 Å². The van der Waals surface area contributed by atoms with E-state index >= 15 is 0 Å². The summed E-state index contributed by atoms with van der Waals surface area (Å²) in [6.07, 6.45) is 3.10. The molecule has 0 fully saturated rings. The van der Waals surface area contributed by atoms with E-state index in [1.807, 2.05) is 43.0 Å². The molecular formula is C23H20F2N6O. The third-order valence-electron chi connectivity index (χ3n) is 5.97. The van der Waals surface area contributed by atoms with Gasteiger partial charge in [-0.3, -0.25) is 9.48 Å². The third kappa shape index (κ3) is 3.35. The van der Waals surface area contributed by atoms with Gasteiger partial charge >= 0.3 is 0 Å². The first-order valence-electron chi connectivity index (χ1n) is 10.1. The minimum absolute atomic E-state index is 0.0193. The molecule has 7 nitrogen and oxygen atoms in total. The van der Waals surface area contributed by atoms with Gasteiger partial charge in [0.25, 0.3) is 5.91 Å². The zero-order valence-electron chi connectivity index (χ0n) is 17.5. The van der Waals surface area contributed by atoms with Crippen LogP contribution in [0.3, 0.4) is 0 Å². The first kappa shape index (κ1) is 20.0. The Kier molecular flexibility index (Phi) is 4.80. The van der Waals surface area contributed by atoms with E-state index in [2.05, 4.69) is 21.2 Å². The molecule has 4 aromatic rings. The smallest absolute Gasteiger partial charge is 0.293 e. The first-order chi connectivity index (χ1) is 15.4. The van der Waals surface area contributed by atoms with E-state index in [4.69, 9.17) is 0 Å². The molecule has 1 unspecified atom stereocenters. The predicted octanol–water partition coefficient (Wildman–Crippen LogP) is 3.38. The highest BCUT2D eigenvalue weighted by molar-refractivity contribution is 5.90. The third-order valence-corrected chi connectivity index (χ3v) is 5.97. The number of fused-ring (bicyclic) bond motifs is 1. The number of amides is 1. The summed E-state index contributed by atoms with van der Waals surface area (Å²) >= 11 is 0. The van der Waals surface area contributed by atoms with Gasteiger partial charge in [0.15, 0.2) is 5.82 Å². The van der Waals surface area contributed by atoms with Gasteiger partial charge in [-0.1, -0.05) is 24.3 Å². The van der Waals surface area contributed by atoms with Crippen molar-refractivity contribution in [3.8, 4) is 5.69 Å². The second-order valence-corrected chi connectivity index (χ2v) is 7.85. The van der Waals surface area contributed by atoms with Crippen molar-refractivity contribution in [2.24, 2.45) is 7.05 Å². The number of hydrogen-bond donors (Lipinski definition) is 0. The maximum absolute atomic E-state index is 14.1. The monoisotopic (exact) mass is 434 g/mol. The number of halogens is 2. The van der Waals surface area contributed by atoms with Crippen LogP contribution >= 0.6 is 0 Å². The van der Waals surface area contributed by atoms with E-state index in [-0.39, 0.29) is 23.3 Å². The Morgan fingerprint density at radius 2 is 1.94 bits per heavy atom. The topological polar surface area (TPSA) is 68.8 Å². The molecule has 5 rings (SSSR count). The number of benzene rings is 2. The summed E-state index contributed by atoms with van der Waals surface area (Å²) in [6.45, 7) is 2.87. The number of nitrogens with zero attached hydrogens (tertiary/aromatic N) is 6. The first-order valence-corrected chi connectivity index (χ1v) is 10.1. The fourth-order valence-corrected chi connectivity index (χ4v) is 4.17. The molecule has 0 saturated carbocycles. The van der Waals surface area contributed by atoms with E-state index in [1.54, 1.807) is 4.90 Å². The molecule has 1 aliphatic heterocycles. The number of aromatic nitrogens is 5. The zero-order valence-corrected chi connectivity index (χ0v) is 17.5. The van der Waals surface area contributed by atoms with Crippen molar-refractivity contribution in [2.45, 2.75) is 19.4 Å². The van der Waals surface area contributed by atoms with Crippen LogP contribution in [0.15, 0.2) is 55.0 Å². The van der Waals surface area contributed by atoms with E-state index in [9.17, 15) is 13.6 Å². The van der Waals surface area contributed by atoms with Crippen LogP contribution in [0.25, 0.3) is 5.69 Å². The van der Waals surface area contributed by atoms with Crippen molar-refractivity contribution >= 4 is 5.91 Å². The van der Waals surface area contributed by atoms with Crippen molar-refractivity contribution in [2.75, 3.05) is 6.54 Å². The molecule has 9 heteroatoms.